The summed E-state index contributed by atoms with van der Waals surface area (Å²) >= 11 is 0. The Hall–Kier alpha value is -2.38. The lowest BCUT2D eigenvalue weighted by atomic mass is 10.2. The van der Waals surface area contributed by atoms with Crippen LogP contribution in [0.25, 0.3) is 0 Å². The van der Waals surface area contributed by atoms with Crippen LogP contribution in [0.1, 0.15) is 43.6 Å². The molecule has 2 rings (SSSR count). The number of anilines is 1. The van der Waals surface area contributed by atoms with Crippen molar-refractivity contribution in [2.24, 2.45) is 0 Å². The van der Waals surface area contributed by atoms with Gasteiger partial charge < -0.3 is 19.9 Å². The third-order valence-corrected chi connectivity index (χ3v) is 4.08. The second-order valence-corrected chi connectivity index (χ2v) is 5.90. The highest BCUT2D eigenvalue weighted by Gasteiger charge is 2.23. The Bertz CT molecular complexity index is 573. The predicted octanol–water partition coefficient (Wildman–Crippen LogP) is 1.68. The molecule has 0 bridgehead atoms. The van der Waals surface area contributed by atoms with E-state index in [0.717, 1.165) is 19.3 Å². The van der Waals surface area contributed by atoms with Crippen molar-refractivity contribution < 1.29 is 14.3 Å². The zero-order chi connectivity index (χ0) is 18.1. The topological polar surface area (TPSA) is 87.7 Å². The van der Waals surface area contributed by atoms with Crippen LogP contribution < -0.4 is 10.2 Å². The summed E-state index contributed by atoms with van der Waals surface area (Å²) in [7, 11) is 0. The highest BCUT2D eigenvalue weighted by molar-refractivity contribution is 5.92. The van der Waals surface area contributed by atoms with E-state index in [-0.39, 0.29) is 12.0 Å². The lowest BCUT2D eigenvalue weighted by Crippen LogP contribution is -2.49. The molecule has 0 aromatic carbocycles. The molecule has 0 saturated carbocycles. The van der Waals surface area contributed by atoms with E-state index in [2.05, 4.69) is 22.2 Å². The first-order valence-corrected chi connectivity index (χ1v) is 8.92. The van der Waals surface area contributed by atoms with E-state index in [1.807, 2.05) is 4.90 Å². The van der Waals surface area contributed by atoms with E-state index in [1.54, 1.807) is 17.9 Å². The number of nitrogens with zero attached hydrogens (tertiary/aromatic N) is 4. The molecule has 1 fully saturated rings. The lowest BCUT2D eigenvalue weighted by molar-refractivity contribution is 0.0947. The molecule has 1 aliphatic rings. The van der Waals surface area contributed by atoms with Crippen LogP contribution in [0.15, 0.2) is 12.4 Å². The Labute approximate surface area is 148 Å². The van der Waals surface area contributed by atoms with Gasteiger partial charge in [0.1, 0.15) is 17.8 Å². The van der Waals surface area contributed by atoms with E-state index in [1.165, 1.54) is 6.33 Å². The molecule has 8 nitrogen and oxygen atoms in total. The molecule has 0 atom stereocenters. The number of hydrogen-bond donors (Lipinski definition) is 1. The highest BCUT2D eigenvalue weighted by atomic mass is 16.6. The molecule has 1 aromatic heterocycles. The van der Waals surface area contributed by atoms with Gasteiger partial charge in [-0.1, -0.05) is 19.8 Å². The number of unbranched alkanes of at least 4 members (excludes halogenated alkanes) is 2. The summed E-state index contributed by atoms with van der Waals surface area (Å²) in [6.45, 7) is 7.39. The highest BCUT2D eigenvalue weighted by Crippen LogP contribution is 2.14. The molecule has 25 heavy (non-hydrogen) atoms. The fourth-order valence-electron chi connectivity index (χ4n) is 2.64. The number of carbonyl (C=O) groups excluding carboxylic acids is 2. The van der Waals surface area contributed by atoms with Crippen LogP contribution in [0, 0.1) is 0 Å². The molecule has 8 heteroatoms. The van der Waals surface area contributed by atoms with E-state index in [0.29, 0.717) is 50.8 Å². The van der Waals surface area contributed by atoms with Crippen molar-refractivity contribution in [1.82, 2.24) is 20.2 Å². The van der Waals surface area contributed by atoms with Crippen LogP contribution in [0.2, 0.25) is 0 Å². The molecular formula is C17H27N5O3. The van der Waals surface area contributed by atoms with Crippen molar-refractivity contribution in [3.05, 3.63) is 18.1 Å². The fourth-order valence-corrected chi connectivity index (χ4v) is 2.64. The third kappa shape index (κ3) is 5.58. The Morgan fingerprint density at radius 3 is 2.60 bits per heavy atom. The van der Waals surface area contributed by atoms with Crippen LogP contribution in [-0.4, -0.2) is 66.2 Å². The number of piperazine rings is 1. The van der Waals surface area contributed by atoms with E-state index in [9.17, 15) is 9.59 Å². The standard InChI is InChI=1S/C17H27N5O3/c1-3-5-6-7-18-16(23)14-12-15(20-13-19-14)21-8-10-22(11-9-21)17(24)25-4-2/h12-13H,3-11H2,1-2H3,(H,18,23). The number of ether oxygens (including phenoxy) is 1. The van der Waals surface area contributed by atoms with Crippen molar-refractivity contribution in [2.45, 2.75) is 33.1 Å². The van der Waals surface area contributed by atoms with Crippen LogP contribution in [0.4, 0.5) is 10.6 Å². The SMILES string of the molecule is CCCCCNC(=O)c1cc(N2CCN(C(=O)OCC)CC2)ncn1. The minimum absolute atomic E-state index is 0.176. The Morgan fingerprint density at radius 1 is 1.16 bits per heavy atom. The molecule has 0 aliphatic carbocycles. The summed E-state index contributed by atoms with van der Waals surface area (Å²) in [5.41, 5.74) is 0.370. The van der Waals surface area contributed by atoms with Crippen LogP contribution >= 0.6 is 0 Å². The largest absolute Gasteiger partial charge is 0.450 e. The maximum atomic E-state index is 12.2. The minimum Gasteiger partial charge on any atom is -0.450 e. The molecule has 1 N–H and O–H groups in total. The molecular weight excluding hydrogens is 322 g/mol. The Balaban J connectivity index is 1.89. The molecule has 1 aromatic rings. The first kappa shape index (κ1) is 19.0. The zero-order valence-corrected chi connectivity index (χ0v) is 15.0. The Morgan fingerprint density at radius 2 is 1.92 bits per heavy atom. The molecule has 138 valence electrons. The first-order valence-electron chi connectivity index (χ1n) is 8.92. The van der Waals surface area contributed by atoms with Gasteiger partial charge in [0.15, 0.2) is 0 Å². The number of amides is 2. The van der Waals surface area contributed by atoms with Gasteiger partial charge in [-0.15, -0.1) is 0 Å². The number of nitrogens with one attached hydrogen (secondary N) is 1. The Kier molecular flexibility index (Phi) is 7.43. The van der Waals surface area contributed by atoms with Gasteiger partial charge in [0.25, 0.3) is 5.91 Å². The molecule has 0 radical (unpaired) electrons. The minimum atomic E-state index is -0.281. The van der Waals surface area contributed by atoms with Crippen molar-refractivity contribution in [1.29, 1.82) is 0 Å². The fraction of sp³-hybridized carbons (Fsp3) is 0.647. The summed E-state index contributed by atoms with van der Waals surface area (Å²) in [6.07, 6.45) is 4.31. The monoisotopic (exact) mass is 349 g/mol. The van der Waals surface area contributed by atoms with Gasteiger partial charge >= 0.3 is 6.09 Å². The first-order chi connectivity index (χ1) is 12.2. The summed E-state index contributed by atoms with van der Waals surface area (Å²) < 4.78 is 5.02. The predicted molar refractivity (Wildman–Crippen MR) is 94.7 cm³/mol. The third-order valence-electron chi connectivity index (χ3n) is 4.08. The van der Waals surface area contributed by atoms with Gasteiger partial charge in [-0.3, -0.25) is 4.79 Å². The van der Waals surface area contributed by atoms with Gasteiger partial charge in [-0.25, -0.2) is 14.8 Å². The van der Waals surface area contributed by atoms with Crippen molar-refractivity contribution in [2.75, 3.05) is 44.2 Å². The maximum Gasteiger partial charge on any atom is 0.409 e. The molecule has 2 amide bonds. The number of carbonyl (C=O) groups is 2. The van der Waals surface area contributed by atoms with Gasteiger partial charge in [0.05, 0.1) is 6.61 Å². The average molecular weight is 349 g/mol. The molecule has 1 aliphatic heterocycles. The number of rotatable bonds is 7. The van der Waals surface area contributed by atoms with Crippen molar-refractivity contribution in [3.63, 3.8) is 0 Å². The molecule has 1 saturated heterocycles. The zero-order valence-electron chi connectivity index (χ0n) is 15.0. The summed E-state index contributed by atoms with van der Waals surface area (Å²) in [6, 6.07) is 1.70. The maximum absolute atomic E-state index is 12.2. The quantitative estimate of drug-likeness (QED) is 0.754. The number of hydrogen-bond acceptors (Lipinski definition) is 6. The smallest absolute Gasteiger partial charge is 0.409 e. The average Bonchev–Trinajstić information content (AvgIpc) is 2.65. The van der Waals surface area contributed by atoms with Crippen LogP contribution in [0.3, 0.4) is 0 Å². The van der Waals surface area contributed by atoms with Gasteiger partial charge in [0.2, 0.25) is 0 Å². The van der Waals surface area contributed by atoms with Crippen molar-refractivity contribution >= 4 is 17.8 Å². The van der Waals surface area contributed by atoms with Crippen LogP contribution in [0.5, 0.6) is 0 Å². The van der Waals surface area contributed by atoms with E-state index in [4.69, 9.17) is 4.74 Å². The summed E-state index contributed by atoms with van der Waals surface area (Å²) in [5, 5.41) is 2.88. The normalized spacial score (nSPS) is 14.3. The lowest BCUT2D eigenvalue weighted by Gasteiger charge is -2.34. The van der Waals surface area contributed by atoms with E-state index < -0.39 is 0 Å². The van der Waals surface area contributed by atoms with Gasteiger partial charge in [0, 0.05) is 38.8 Å². The number of aromatic nitrogens is 2. The molecule has 2 heterocycles. The van der Waals surface area contributed by atoms with Crippen molar-refractivity contribution in [3.8, 4) is 0 Å². The van der Waals surface area contributed by atoms with Gasteiger partial charge in [-0.05, 0) is 13.3 Å². The summed E-state index contributed by atoms with van der Waals surface area (Å²) in [5.74, 6) is 0.530. The molecule has 0 spiro atoms. The van der Waals surface area contributed by atoms with E-state index >= 15 is 0 Å². The van der Waals surface area contributed by atoms with Gasteiger partial charge in [-0.2, -0.15) is 0 Å². The summed E-state index contributed by atoms with van der Waals surface area (Å²) in [4.78, 5) is 36.0. The second-order valence-electron chi connectivity index (χ2n) is 5.90. The van der Waals surface area contributed by atoms with Crippen LogP contribution in [-0.2, 0) is 4.74 Å². The second kappa shape index (κ2) is 9.80. The molecule has 0 unspecified atom stereocenters.